The van der Waals surface area contributed by atoms with Crippen molar-refractivity contribution in [1.82, 2.24) is 9.97 Å². The van der Waals surface area contributed by atoms with E-state index in [-0.39, 0.29) is 0 Å². The van der Waals surface area contributed by atoms with Crippen molar-refractivity contribution in [1.29, 1.82) is 0 Å². The van der Waals surface area contributed by atoms with E-state index in [1.165, 1.54) is 0 Å². The van der Waals surface area contributed by atoms with E-state index in [1.54, 1.807) is 12.5 Å². The van der Waals surface area contributed by atoms with Crippen molar-refractivity contribution in [3.63, 3.8) is 0 Å². The first-order valence-corrected chi connectivity index (χ1v) is 5.09. The molecule has 0 saturated carbocycles. The highest BCUT2D eigenvalue weighted by molar-refractivity contribution is 5.56. The molecule has 2 aromatic rings. The van der Waals surface area contributed by atoms with Crippen molar-refractivity contribution >= 4 is 0 Å². The second-order valence-corrected chi connectivity index (χ2v) is 3.67. The molecule has 1 atom stereocenters. The summed E-state index contributed by atoms with van der Waals surface area (Å²) in [5.74, 6) is 1.35. The highest BCUT2D eigenvalue weighted by atomic mass is 16.3. The first-order valence-electron chi connectivity index (χ1n) is 5.09. The van der Waals surface area contributed by atoms with Gasteiger partial charge in [0.15, 0.2) is 0 Å². The second kappa shape index (κ2) is 4.31. The summed E-state index contributed by atoms with van der Waals surface area (Å²) in [4.78, 5) is 7.61. The largest absolute Gasteiger partial charge is 0.472 e. The summed E-state index contributed by atoms with van der Waals surface area (Å²) in [7, 11) is 0. The number of nitrogens with two attached hydrogens (primary N) is 1. The fourth-order valence-electron chi connectivity index (χ4n) is 1.54. The number of H-pyrrole nitrogens is 1. The van der Waals surface area contributed by atoms with Crippen LogP contribution in [-0.4, -0.2) is 16.5 Å². The third-order valence-corrected chi connectivity index (χ3v) is 2.49. The third-order valence-electron chi connectivity index (χ3n) is 2.49. The Kier molecular flexibility index (Phi) is 2.87. The summed E-state index contributed by atoms with van der Waals surface area (Å²) < 4.78 is 5.02. The molecular weight excluding hydrogens is 190 g/mol. The molecule has 0 amide bonds. The van der Waals surface area contributed by atoms with Crippen molar-refractivity contribution < 1.29 is 4.42 Å². The highest BCUT2D eigenvalue weighted by Crippen LogP contribution is 2.21. The molecular formula is C11H15N3O. The van der Waals surface area contributed by atoms with Gasteiger partial charge in [0.05, 0.1) is 24.4 Å². The fourth-order valence-corrected chi connectivity index (χ4v) is 1.54. The number of furan rings is 1. The minimum absolute atomic E-state index is 0.371. The SMILES string of the molecule is CC(CCN)c1ncc(-c2ccoc2)[nH]1. The first-order chi connectivity index (χ1) is 7.31. The van der Waals surface area contributed by atoms with E-state index < -0.39 is 0 Å². The Labute approximate surface area is 88.5 Å². The molecule has 0 bridgehead atoms. The molecule has 2 rings (SSSR count). The predicted molar refractivity (Wildman–Crippen MR) is 58.4 cm³/mol. The van der Waals surface area contributed by atoms with Crippen molar-refractivity contribution in [3.05, 3.63) is 30.6 Å². The predicted octanol–water partition coefficient (Wildman–Crippen LogP) is 2.12. The minimum Gasteiger partial charge on any atom is -0.472 e. The Morgan fingerprint density at radius 1 is 1.60 bits per heavy atom. The lowest BCUT2D eigenvalue weighted by molar-refractivity contribution is 0.568. The van der Waals surface area contributed by atoms with Crippen LogP contribution in [0.1, 0.15) is 25.1 Å². The van der Waals surface area contributed by atoms with Crippen LogP contribution < -0.4 is 5.73 Å². The Balaban J connectivity index is 2.17. The van der Waals surface area contributed by atoms with Crippen molar-refractivity contribution in [2.45, 2.75) is 19.3 Å². The van der Waals surface area contributed by atoms with Crippen molar-refractivity contribution in [2.24, 2.45) is 5.73 Å². The lowest BCUT2D eigenvalue weighted by atomic mass is 10.1. The average Bonchev–Trinajstić information content (AvgIpc) is 2.89. The number of imidazole rings is 1. The van der Waals surface area contributed by atoms with Gasteiger partial charge in [-0.1, -0.05) is 6.92 Å². The van der Waals surface area contributed by atoms with Crippen LogP contribution in [0, 0.1) is 0 Å². The van der Waals surface area contributed by atoms with Gasteiger partial charge in [-0.2, -0.15) is 0 Å². The van der Waals surface area contributed by atoms with E-state index in [0.29, 0.717) is 12.5 Å². The molecule has 0 aliphatic carbocycles. The van der Waals surface area contributed by atoms with Gasteiger partial charge in [-0.05, 0) is 19.0 Å². The smallest absolute Gasteiger partial charge is 0.109 e. The summed E-state index contributed by atoms with van der Waals surface area (Å²) >= 11 is 0. The molecule has 2 heterocycles. The number of hydrogen-bond acceptors (Lipinski definition) is 3. The van der Waals surface area contributed by atoms with Gasteiger partial charge in [0.25, 0.3) is 0 Å². The van der Waals surface area contributed by atoms with Gasteiger partial charge in [-0.25, -0.2) is 4.98 Å². The molecule has 0 aliphatic heterocycles. The van der Waals surface area contributed by atoms with E-state index >= 15 is 0 Å². The molecule has 3 N–H and O–H groups in total. The number of rotatable bonds is 4. The molecule has 0 radical (unpaired) electrons. The van der Waals surface area contributed by atoms with Gasteiger partial charge < -0.3 is 15.1 Å². The molecule has 0 fully saturated rings. The van der Waals surface area contributed by atoms with Crippen LogP contribution in [0.25, 0.3) is 11.3 Å². The lowest BCUT2D eigenvalue weighted by Crippen LogP contribution is -2.05. The van der Waals surface area contributed by atoms with Crippen LogP contribution in [0.2, 0.25) is 0 Å². The number of nitrogens with zero attached hydrogens (tertiary/aromatic N) is 1. The molecule has 15 heavy (non-hydrogen) atoms. The van der Waals surface area contributed by atoms with Crippen LogP contribution in [-0.2, 0) is 0 Å². The number of hydrogen-bond donors (Lipinski definition) is 2. The van der Waals surface area contributed by atoms with Gasteiger partial charge in [-0.3, -0.25) is 0 Å². The van der Waals surface area contributed by atoms with Crippen LogP contribution in [0.4, 0.5) is 0 Å². The zero-order chi connectivity index (χ0) is 10.7. The Morgan fingerprint density at radius 2 is 2.47 bits per heavy atom. The topological polar surface area (TPSA) is 67.8 Å². The number of aromatic amines is 1. The first kappa shape index (κ1) is 9.98. The molecule has 0 saturated heterocycles. The van der Waals surface area contributed by atoms with E-state index in [0.717, 1.165) is 23.5 Å². The monoisotopic (exact) mass is 205 g/mol. The summed E-state index contributed by atoms with van der Waals surface area (Å²) in [6.07, 6.45) is 6.12. The molecule has 4 nitrogen and oxygen atoms in total. The van der Waals surface area contributed by atoms with Crippen LogP contribution >= 0.6 is 0 Å². The summed E-state index contributed by atoms with van der Waals surface area (Å²) in [5.41, 5.74) is 7.52. The molecule has 0 aliphatic rings. The van der Waals surface area contributed by atoms with Gasteiger partial charge in [0, 0.05) is 11.5 Å². The second-order valence-electron chi connectivity index (χ2n) is 3.67. The molecule has 2 aromatic heterocycles. The van der Waals surface area contributed by atoms with Crippen LogP contribution in [0.5, 0.6) is 0 Å². The van der Waals surface area contributed by atoms with Crippen molar-refractivity contribution in [2.75, 3.05) is 6.54 Å². The maximum atomic E-state index is 5.51. The van der Waals surface area contributed by atoms with Gasteiger partial charge in [-0.15, -0.1) is 0 Å². The molecule has 4 heteroatoms. The molecule has 1 unspecified atom stereocenters. The van der Waals surface area contributed by atoms with E-state index in [9.17, 15) is 0 Å². The normalized spacial score (nSPS) is 12.9. The summed E-state index contributed by atoms with van der Waals surface area (Å²) in [6.45, 7) is 2.80. The summed E-state index contributed by atoms with van der Waals surface area (Å²) in [5, 5.41) is 0. The summed E-state index contributed by atoms with van der Waals surface area (Å²) in [6, 6.07) is 1.91. The maximum Gasteiger partial charge on any atom is 0.109 e. The van der Waals surface area contributed by atoms with Crippen LogP contribution in [0.3, 0.4) is 0 Å². The number of aromatic nitrogens is 2. The molecule has 80 valence electrons. The van der Waals surface area contributed by atoms with E-state index in [2.05, 4.69) is 16.9 Å². The maximum absolute atomic E-state index is 5.51. The Hall–Kier alpha value is -1.55. The van der Waals surface area contributed by atoms with E-state index in [1.807, 2.05) is 12.3 Å². The Bertz CT molecular complexity index is 405. The van der Waals surface area contributed by atoms with Crippen LogP contribution in [0.15, 0.2) is 29.2 Å². The highest BCUT2D eigenvalue weighted by Gasteiger charge is 2.10. The van der Waals surface area contributed by atoms with Crippen molar-refractivity contribution in [3.8, 4) is 11.3 Å². The van der Waals surface area contributed by atoms with E-state index in [4.69, 9.17) is 10.2 Å². The Morgan fingerprint density at radius 3 is 3.13 bits per heavy atom. The van der Waals surface area contributed by atoms with Gasteiger partial charge >= 0.3 is 0 Å². The lowest BCUT2D eigenvalue weighted by Gasteiger charge is -2.05. The quantitative estimate of drug-likeness (QED) is 0.803. The van der Waals surface area contributed by atoms with Gasteiger partial charge in [0.2, 0.25) is 0 Å². The fraction of sp³-hybridized carbons (Fsp3) is 0.364. The molecule has 0 spiro atoms. The average molecular weight is 205 g/mol. The number of nitrogens with one attached hydrogen (secondary N) is 1. The zero-order valence-electron chi connectivity index (χ0n) is 8.73. The minimum atomic E-state index is 0.371. The molecule has 0 aromatic carbocycles. The standard InChI is InChI=1S/C11H15N3O/c1-8(2-4-12)11-13-6-10(14-11)9-3-5-15-7-9/h3,5-8H,2,4,12H2,1H3,(H,13,14). The third kappa shape index (κ3) is 2.10. The zero-order valence-corrected chi connectivity index (χ0v) is 8.73. The van der Waals surface area contributed by atoms with Gasteiger partial charge in [0.1, 0.15) is 5.82 Å².